The molecule has 133 valence electrons. The zero-order valence-electron chi connectivity index (χ0n) is 13.3. The van der Waals surface area contributed by atoms with Crippen LogP contribution >= 0.6 is 34.8 Å². The van der Waals surface area contributed by atoms with Gasteiger partial charge >= 0.3 is 6.03 Å². The number of benzene rings is 1. The van der Waals surface area contributed by atoms with Gasteiger partial charge in [-0.05, 0) is 6.92 Å². The summed E-state index contributed by atoms with van der Waals surface area (Å²) in [7, 11) is 2.87. The van der Waals surface area contributed by atoms with Crippen molar-refractivity contribution in [3.05, 3.63) is 40.6 Å². The van der Waals surface area contributed by atoms with Crippen molar-refractivity contribution in [2.75, 3.05) is 31.0 Å². The van der Waals surface area contributed by atoms with Crippen molar-refractivity contribution in [1.29, 1.82) is 0 Å². The van der Waals surface area contributed by atoms with Crippen LogP contribution in [0.1, 0.15) is 0 Å². The van der Waals surface area contributed by atoms with Crippen molar-refractivity contribution in [1.82, 2.24) is 9.97 Å². The fourth-order valence-corrected chi connectivity index (χ4v) is 2.70. The molecule has 0 saturated heterocycles. The Labute approximate surface area is 159 Å². The predicted octanol–water partition coefficient (Wildman–Crippen LogP) is 4.33. The van der Waals surface area contributed by atoms with Crippen LogP contribution in [0, 0.1) is 6.92 Å². The third-order valence-electron chi connectivity index (χ3n) is 3.17. The lowest BCUT2D eigenvalue weighted by Gasteiger charge is -2.22. The first-order valence-corrected chi connectivity index (χ1v) is 8.01. The van der Waals surface area contributed by atoms with Gasteiger partial charge in [0.2, 0.25) is 0 Å². The minimum absolute atomic E-state index is 0.0789. The van der Waals surface area contributed by atoms with Gasteiger partial charge in [0.15, 0.2) is 0 Å². The second kappa shape index (κ2) is 8.42. The highest BCUT2D eigenvalue weighted by atomic mass is 35.5. The van der Waals surface area contributed by atoms with Crippen molar-refractivity contribution in [3.8, 4) is 11.5 Å². The maximum atomic E-state index is 12.6. The number of hydrogen-bond acceptors (Lipinski definition) is 5. The Morgan fingerprint density at radius 3 is 2.24 bits per heavy atom. The van der Waals surface area contributed by atoms with Crippen molar-refractivity contribution in [2.45, 2.75) is 0 Å². The zero-order valence-corrected chi connectivity index (χ0v) is 15.6. The summed E-state index contributed by atoms with van der Waals surface area (Å²) in [6.07, 6.45) is 1.24. The lowest BCUT2D eigenvalue weighted by Crippen LogP contribution is -2.35. The second-order valence-corrected chi connectivity index (χ2v) is 5.71. The Morgan fingerprint density at radius 1 is 1.16 bits per heavy atom. The summed E-state index contributed by atoms with van der Waals surface area (Å²) in [4.78, 5) is 21.6. The van der Waals surface area contributed by atoms with E-state index in [0.29, 0.717) is 11.5 Å². The number of methoxy groups -OCH3 is 2. The Kier molecular flexibility index (Phi) is 6.52. The van der Waals surface area contributed by atoms with Crippen molar-refractivity contribution < 1.29 is 14.3 Å². The molecule has 0 fully saturated rings. The predicted molar refractivity (Wildman–Crippen MR) is 98.3 cm³/mol. The number of rotatable bonds is 5. The Morgan fingerprint density at radius 2 is 1.76 bits per heavy atom. The summed E-state index contributed by atoms with van der Waals surface area (Å²) < 4.78 is 10.3. The first-order chi connectivity index (χ1) is 11.9. The average Bonchev–Trinajstić information content (AvgIpc) is 2.59. The number of amides is 2. The van der Waals surface area contributed by atoms with Crippen LogP contribution in [0.2, 0.25) is 15.2 Å². The van der Waals surface area contributed by atoms with Crippen LogP contribution in [-0.4, -0.2) is 36.8 Å². The average molecular weight is 405 g/mol. The van der Waals surface area contributed by atoms with Gasteiger partial charge in [-0.25, -0.2) is 14.8 Å². The molecule has 1 radical (unpaired) electrons. The Balaban J connectivity index is 2.39. The van der Waals surface area contributed by atoms with E-state index in [2.05, 4.69) is 22.2 Å². The molecule has 1 heterocycles. The van der Waals surface area contributed by atoms with E-state index in [0.717, 1.165) is 0 Å². The number of nitrogens with one attached hydrogen (secondary N) is 1. The minimum atomic E-state index is -0.566. The largest absolute Gasteiger partial charge is 0.495 e. The molecule has 25 heavy (non-hydrogen) atoms. The van der Waals surface area contributed by atoms with Gasteiger partial charge in [0.05, 0.1) is 19.9 Å². The number of anilines is 2. The molecule has 0 unspecified atom stereocenters. The summed E-state index contributed by atoms with van der Waals surface area (Å²) in [5.74, 6) is 0.864. The molecular formula is C15H14Cl3N4O3. The van der Waals surface area contributed by atoms with Gasteiger partial charge in [-0.1, -0.05) is 34.8 Å². The molecule has 0 aliphatic heterocycles. The highest BCUT2D eigenvalue weighted by molar-refractivity contribution is 6.41. The van der Waals surface area contributed by atoms with E-state index in [9.17, 15) is 4.79 Å². The quantitative estimate of drug-likeness (QED) is 0.751. The molecule has 2 amide bonds. The molecule has 1 N–H and O–H groups in total. The zero-order chi connectivity index (χ0) is 18.6. The van der Waals surface area contributed by atoms with Crippen molar-refractivity contribution in [3.63, 3.8) is 0 Å². The van der Waals surface area contributed by atoms with Crippen molar-refractivity contribution >= 4 is 52.3 Å². The molecule has 0 bridgehead atoms. The molecule has 2 rings (SSSR count). The minimum Gasteiger partial charge on any atom is -0.495 e. The van der Waals surface area contributed by atoms with E-state index < -0.39 is 6.03 Å². The third-order valence-corrected chi connectivity index (χ3v) is 4.13. The number of ether oxygens (including phenoxy) is 2. The van der Waals surface area contributed by atoms with E-state index in [1.807, 2.05) is 0 Å². The molecule has 0 aliphatic rings. The molecule has 1 aromatic carbocycles. The number of urea groups is 1. The van der Waals surface area contributed by atoms with Gasteiger partial charge in [0, 0.05) is 18.7 Å². The topological polar surface area (TPSA) is 76.6 Å². The van der Waals surface area contributed by atoms with Crippen LogP contribution in [0.4, 0.5) is 16.3 Å². The molecule has 0 saturated carbocycles. The molecule has 1 aromatic heterocycles. The van der Waals surface area contributed by atoms with Crippen LogP contribution in [-0.2, 0) is 0 Å². The van der Waals surface area contributed by atoms with Crippen LogP contribution < -0.4 is 19.7 Å². The third kappa shape index (κ3) is 4.18. The Hall–Kier alpha value is -1.96. The summed E-state index contributed by atoms with van der Waals surface area (Å²) in [6, 6.07) is 2.38. The monoisotopic (exact) mass is 403 g/mol. The lowest BCUT2D eigenvalue weighted by molar-refractivity contribution is 0.257. The van der Waals surface area contributed by atoms with Gasteiger partial charge in [-0.2, -0.15) is 0 Å². The summed E-state index contributed by atoms with van der Waals surface area (Å²) in [5.41, 5.74) is 0.142. The van der Waals surface area contributed by atoms with Gasteiger partial charge < -0.3 is 14.8 Å². The molecule has 10 heteroatoms. The highest BCUT2D eigenvalue weighted by Crippen LogP contribution is 2.44. The second-order valence-electron chi connectivity index (χ2n) is 4.56. The lowest BCUT2D eigenvalue weighted by atomic mass is 10.2. The molecule has 0 aliphatic carbocycles. The first-order valence-electron chi connectivity index (χ1n) is 6.88. The number of aromatic nitrogens is 2. The summed E-state index contributed by atoms with van der Waals surface area (Å²) in [5, 5.41) is 3.07. The standard InChI is InChI=1S/C15H14Cl3N4O3/c1-4-22(11-6-10(16)19-7-20-11)15(23)21-14-12(17)8(24-2)5-9(25-3)13(14)18/h5-7H,1,4H2,2-3H3,(H,21,23). The molecular weight excluding hydrogens is 391 g/mol. The number of halogens is 3. The fourth-order valence-electron chi connectivity index (χ4n) is 1.96. The number of carbonyl (C=O) groups excluding carboxylic acids is 1. The van der Waals surface area contributed by atoms with Crippen molar-refractivity contribution in [2.24, 2.45) is 0 Å². The number of hydrogen-bond donors (Lipinski definition) is 1. The van der Waals surface area contributed by atoms with Gasteiger partial charge in [-0.15, -0.1) is 0 Å². The van der Waals surface area contributed by atoms with Crippen LogP contribution in [0.3, 0.4) is 0 Å². The molecule has 7 nitrogen and oxygen atoms in total. The van der Waals surface area contributed by atoms with E-state index in [1.54, 1.807) is 0 Å². The highest BCUT2D eigenvalue weighted by Gasteiger charge is 2.22. The van der Waals surface area contributed by atoms with Crippen LogP contribution in [0.5, 0.6) is 11.5 Å². The van der Waals surface area contributed by atoms with Gasteiger partial charge in [0.25, 0.3) is 0 Å². The van der Waals surface area contributed by atoms with Crippen LogP contribution in [0.25, 0.3) is 0 Å². The smallest absolute Gasteiger partial charge is 0.327 e. The molecule has 2 aromatic rings. The van der Waals surface area contributed by atoms with Gasteiger partial charge in [-0.3, -0.25) is 4.90 Å². The number of nitrogens with zero attached hydrogens (tertiary/aromatic N) is 3. The first kappa shape index (κ1) is 19.4. The van der Waals surface area contributed by atoms with E-state index in [-0.39, 0.29) is 33.2 Å². The SMILES string of the molecule is [CH2]CN(C(=O)Nc1c(Cl)c(OC)cc(OC)c1Cl)c1cc(Cl)ncn1. The summed E-state index contributed by atoms with van der Waals surface area (Å²) >= 11 is 18.3. The molecule has 0 atom stereocenters. The van der Waals surface area contributed by atoms with Crippen LogP contribution in [0.15, 0.2) is 18.5 Å². The van der Waals surface area contributed by atoms with E-state index in [1.165, 1.54) is 37.6 Å². The Bertz CT molecular complexity index is 761. The van der Waals surface area contributed by atoms with E-state index in [4.69, 9.17) is 44.3 Å². The number of carbonyl (C=O) groups is 1. The maximum absolute atomic E-state index is 12.6. The fraction of sp³-hybridized carbons (Fsp3) is 0.200. The normalized spacial score (nSPS) is 10.3. The maximum Gasteiger partial charge on any atom is 0.327 e. The molecule has 0 spiro atoms. The summed E-state index contributed by atoms with van der Waals surface area (Å²) in [6.45, 7) is 3.79. The van der Waals surface area contributed by atoms with E-state index >= 15 is 0 Å². The van der Waals surface area contributed by atoms with Gasteiger partial charge in [0.1, 0.15) is 38.8 Å².